The third kappa shape index (κ3) is 8.42. The van der Waals surface area contributed by atoms with Gasteiger partial charge in [0.15, 0.2) is 0 Å². The predicted octanol–water partition coefficient (Wildman–Crippen LogP) is 6.40. The van der Waals surface area contributed by atoms with Crippen LogP contribution in [0.3, 0.4) is 0 Å². The molecule has 3 aromatic rings. The fraction of sp³-hybridized carbons (Fsp3) is 0.400. The summed E-state index contributed by atoms with van der Waals surface area (Å²) in [5.74, 6) is -2.20. The molecular weight excluding hydrogens is 646 g/mol. The number of nitriles is 1. The minimum atomic E-state index is -0.903. The number of non-ortho nitro benzene ring substituents is 1. The van der Waals surface area contributed by atoms with Crippen LogP contribution in [0.4, 0.5) is 5.69 Å². The van der Waals surface area contributed by atoms with Gasteiger partial charge in [-0.1, -0.05) is 79.7 Å². The lowest BCUT2D eigenvalue weighted by Gasteiger charge is -2.43. The Balaban J connectivity index is 1.39. The number of amides is 1. The average molecular weight is 692 g/mol. The molecule has 1 fully saturated rings. The number of carbonyl (C=O) groups excluding carboxylic acids is 2. The smallest absolute Gasteiger partial charge is 0.315 e. The van der Waals surface area contributed by atoms with Crippen LogP contribution in [0.2, 0.25) is 0 Å². The number of hydrogen-bond donors (Lipinski definition) is 0. The van der Waals surface area contributed by atoms with Gasteiger partial charge >= 0.3 is 5.97 Å². The molecule has 0 spiro atoms. The van der Waals surface area contributed by atoms with Gasteiger partial charge in [0.05, 0.1) is 35.4 Å². The van der Waals surface area contributed by atoms with Gasteiger partial charge in [0, 0.05) is 42.8 Å². The molecule has 0 N–H and O–H groups in total. The fourth-order valence-electron chi connectivity index (χ4n) is 7.54. The Labute approximate surface area is 299 Å². The monoisotopic (exact) mass is 691 g/mol. The summed E-state index contributed by atoms with van der Waals surface area (Å²) in [6, 6.07) is 29.4. The molecule has 11 nitrogen and oxygen atoms in total. The maximum absolute atomic E-state index is 13.7. The molecule has 2 atom stereocenters. The summed E-state index contributed by atoms with van der Waals surface area (Å²) in [4.78, 5) is 46.6. The van der Waals surface area contributed by atoms with Gasteiger partial charge in [-0.3, -0.25) is 24.7 Å². The Hall–Kier alpha value is -5.18. The van der Waals surface area contributed by atoms with Crippen molar-refractivity contribution in [3.63, 3.8) is 0 Å². The highest BCUT2D eigenvalue weighted by Gasteiger charge is 2.43. The number of hydrogen-bond acceptors (Lipinski definition) is 9. The molecule has 2 heterocycles. The Morgan fingerprint density at radius 1 is 1.06 bits per heavy atom. The zero-order valence-electron chi connectivity index (χ0n) is 29.3. The van der Waals surface area contributed by atoms with Crippen molar-refractivity contribution in [2.45, 2.75) is 50.4 Å². The maximum Gasteiger partial charge on any atom is 0.315 e. The van der Waals surface area contributed by atoms with Crippen molar-refractivity contribution in [3.8, 4) is 6.07 Å². The van der Waals surface area contributed by atoms with Crippen molar-refractivity contribution in [3.05, 3.63) is 123 Å². The van der Waals surface area contributed by atoms with Gasteiger partial charge in [0.25, 0.3) is 5.69 Å². The van der Waals surface area contributed by atoms with Crippen LogP contribution in [0.25, 0.3) is 0 Å². The molecule has 5 rings (SSSR count). The molecule has 2 unspecified atom stereocenters. The normalized spacial score (nSPS) is 18.7. The first kappa shape index (κ1) is 37.1. The van der Waals surface area contributed by atoms with E-state index in [0.717, 1.165) is 38.9 Å². The largest absolute Gasteiger partial charge is 0.464 e. The molecule has 0 aromatic heterocycles. The lowest BCUT2D eigenvalue weighted by Crippen LogP contribution is -2.44. The fourth-order valence-corrected chi connectivity index (χ4v) is 7.54. The number of likely N-dealkylation sites (tertiary alicyclic amines) is 1. The lowest BCUT2D eigenvalue weighted by atomic mass is 9.68. The van der Waals surface area contributed by atoms with Gasteiger partial charge in [0.1, 0.15) is 12.5 Å². The number of allylic oxidation sites excluding steroid dienone is 1. The highest BCUT2D eigenvalue weighted by molar-refractivity contribution is 6.05. The van der Waals surface area contributed by atoms with Crippen LogP contribution < -0.4 is 0 Å². The van der Waals surface area contributed by atoms with Crippen LogP contribution >= 0.6 is 0 Å². The molecule has 0 radical (unpaired) electrons. The van der Waals surface area contributed by atoms with Crippen molar-refractivity contribution in [2.24, 2.45) is 10.9 Å². The van der Waals surface area contributed by atoms with Crippen molar-refractivity contribution >= 4 is 23.8 Å². The number of rotatable bonds is 16. The number of methoxy groups -OCH3 is 1. The van der Waals surface area contributed by atoms with E-state index in [2.05, 4.69) is 65.6 Å². The second-order valence-electron chi connectivity index (χ2n) is 12.9. The van der Waals surface area contributed by atoms with Crippen LogP contribution in [0.1, 0.15) is 61.6 Å². The van der Waals surface area contributed by atoms with E-state index >= 15 is 0 Å². The van der Waals surface area contributed by atoms with Gasteiger partial charge in [-0.15, -0.1) is 0 Å². The summed E-state index contributed by atoms with van der Waals surface area (Å²) < 4.78 is 11.1. The topological polar surface area (TPSA) is 138 Å². The third-order valence-electron chi connectivity index (χ3n) is 10.1. The number of nitrogens with zero attached hydrogens (tertiary/aromatic N) is 5. The number of piperidine rings is 1. The van der Waals surface area contributed by atoms with Gasteiger partial charge < -0.3 is 19.3 Å². The SMILES string of the molecule is CCC1=NC(COC)=C(N(C=O)CCCN2CCC(c3ccccc3)(c3ccccc3)CC2)C(c2ccc([N+](=O)[O-])cc2)C1C(=O)OCCC#N. The molecule has 0 aliphatic carbocycles. The molecule has 3 aromatic carbocycles. The van der Waals surface area contributed by atoms with E-state index in [1.54, 1.807) is 24.1 Å². The number of nitro groups is 1. The first-order valence-electron chi connectivity index (χ1n) is 17.5. The molecular formula is C40H45N5O6. The summed E-state index contributed by atoms with van der Waals surface area (Å²) in [6.45, 7) is 4.82. The van der Waals surface area contributed by atoms with Gasteiger partial charge in [-0.2, -0.15) is 5.26 Å². The second-order valence-corrected chi connectivity index (χ2v) is 12.9. The van der Waals surface area contributed by atoms with Crippen molar-refractivity contribution < 1.29 is 24.0 Å². The van der Waals surface area contributed by atoms with E-state index < -0.39 is 22.7 Å². The van der Waals surface area contributed by atoms with E-state index in [1.165, 1.54) is 23.3 Å². The first-order valence-corrected chi connectivity index (χ1v) is 17.5. The molecule has 266 valence electrons. The summed E-state index contributed by atoms with van der Waals surface area (Å²) in [5, 5.41) is 20.5. The highest BCUT2D eigenvalue weighted by Crippen LogP contribution is 2.43. The second kappa shape index (κ2) is 17.7. The van der Waals surface area contributed by atoms with E-state index in [0.29, 0.717) is 42.1 Å². The quantitative estimate of drug-likeness (QED) is 0.0553. The Kier molecular flexibility index (Phi) is 12.8. The zero-order chi connectivity index (χ0) is 36.2. The minimum Gasteiger partial charge on any atom is -0.464 e. The van der Waals surface area contributed by atoms with Gasteiger partial charge in [-0.05, 0) is 62.0 Å². The molecule has 0 bridgehead atoms. The Morgan fingerprint density at radius 3 is 2.22 bits per heavy atom. The number of ether oxygens (including phenoxy) is 2. The summed E-state index contributed by atoms with van der Waals surface area (Å²) in [6.07, 6.45) is 3.82. The van der Waals surface area contributed by atoms with Crippen LogP contribution in [-0.2, 0) is 24.5 Å². The number of carbonyl (C=O) groups is 2. The standard InChI is InChI=1S/C40H45N5O6/c1-3-34-37(39(47)51-27-10-22-41)36(30-16-18-33(19-17-30)45(48)49)38(35(42-34)28-50-2)44(29-46)24-11-23-43-25-20-40(21-26-43,31-12-6-4-7-13-31)32-14-8-5-9-15-32/h4-9,12-19,29,36-37H,3,10-11,20-21,23-28H2,1-2H3. The Morgan fingerprint density at radius 2 is 1.69 bits per heavy atom. The van der Waals surface area contributed by atoms with Crippen molar-refractivity contribution in [2.75, 3.05) is 46.5 Å². The van der Waals surface area contributed by atoms with Crippen molar-refractivity contribution in [1.82, 2.24) is 9.80 Å². The van der Waals surface area contributed by atoms with E-state index in [1.807, 2.05) is 13.0 Å². The molecule has 2 aliphatic heterocycles. The summed E-state index contributed by atoms with van der Waals surface area (Å²) in [7, 11) is 1.54. The summed E-state index contributed by atoms with van der Waals surface area (Å²) >= 11 is 0. The lowest BCUT2D eigenvalue weighted by molar-refractivity contribution is -0.384. The van der Waals surface area contributed by atoms with Crippen LogP contribution in [0, 0.1) is 27.4 Å². The third-order valence-corrected chi connectivity index (χ3v) is 10.1. The van der Waals surface area contributed by atoms with E-state index in [4.69, 9.17) is 19.7 Å². The van der Waals surface area contributed by atoms with E-state index in [-0.39, 0.29) is 30.7 Å². The first-order chi connectivity index (χ1) is 24.9. The predicted molar refractivity (Wildman–Crippen MR) is 194 cm³/mol. The Bertz CT molecular complexity index is 1700. The average Bonchev–Trinajstić information content (AvgIpc) is 3.17. The number of benzene rings is 3. The molecule has 0 saturated carbocycles. The molecule has 1 amide bonds. The molecule has 11 heteroatoms. The minimum absolute atomic E-state index is 0.0334. The van der Waals surface area contributed by atoms with Crippen molar-refractivity contribution in [1.29, 1.82) is 5.26 Å². The maximum atomic E-state index is 13.7. The number of esters is 1. The van der Waals surface area contributed by atoms with Gasteiger partial charge in [-0.25, -0.2) is 0 Å². The molecule has 2 aliphatic rings. The van der Waals surface area contributed by atoms with Gasteiger partial charge in [0.2, 0.25) is 6.41 Å². The van der Waals surface area contributed by atoms with E-state index in [9.17, 15) is 19.7 Å². The molecule has 51 heavy (non-hydrogen) atoms. The van der Waals surface area contributed by atoms with Crippen LogP contribution in [0.15, 0.2) is 101 Å². The molecule has 1 saturated heterocycles. The summed E-state index contributed by atoms with van der Waals surface area (Å²) in [5.41, 5.74) is 4.66. The number of nitro benzene ring substituents is 1. The van der Waals surface area contributed by atoms with Crippen LogP contribution in [0.5, 0.6) is 0 Å². The highest BCUT2D eigenvalue weighted by atomic mass is 16.6. The number of aliphatic imine (C=N–C) groups is 1. The van der Waals surface area contributed by atoms with Crippen LogP contribution in [-0.4, -0.2) is 79.3 Å². The zero-order valence-corrected chi connectivity index (χ0v) is 29.3.